The molecule has 1 saturated carbocycles. The van der Waals surface area contributed by atoms with Crippen LogP contribution in [0.2, 0.25) is 0 Å². The summed E-state index contributed by atoms with van der Waals surface area (Å²) < 4.78 is 27.8. The van der Waals surface area contributed by atoms with Gasteiger partial charge in [-0.05, 0) is 72.5 Å². The number of pyridine rings is 1. The summed E-state index contributed by atoms with van der Waals surface area (Å²) in [5, 5.41) is 3.78. The highest BCUT2D eigenvalue weighted by molar-refractivity contribution is 7.79. The van der Waals surface area contributed by atoms with Gasteiger partial charge in [-0.1, -0.05) is 12.1 Å². The van der Waals surface area contributed by atoms with Crippen LogP contribution in [-0.2, 0) is 22.3 Å². The van der Waals surface area contributed by atoms with Gasteiger partial charge in [0, 0.05) is 36.1 Å². The predicted octanol–water partition coefficient (Wildman–Crippen LogP) is 2.91. The lowest BCUT2D eigenvalue weighted by Crippen LogP contribution is -2.33. The average molecular weight is 469 g/mol. The first-order valence-corrected chi connectivity index (χ1v) is 12.1. The van der Waals surface area contributed by atoms with Crippen LogP contribution in [-0.4, -0.2) is 50.1 Å². The van der Waals surface area contributed by atoms with Gasteiger partial charge in [0.2, 0.25) is 5.91 Å². The molecular weight excluding hydrogens is 442 g/mol. The van der Waals surface area contributed by atoms with Gasteiger partial charge < -0.3 is 19.2 Å². The van der Waals surface area contributed by atoms with Crippen molar-refractivity contribution in [3.05, 3.63) is 60.1 Å². The first-order valence-electron chi connectivity index (χ1n) is 11.0. The minimum atomic E-state index is -2.31. The summed E-state index contributed by atoms with van der Waals surface area (Å²) in [6, 6.07) is 9.97. The number of hydrogen-bond acceptors (Lipinski definition) is 6. The molecule has 4 rings (SSSR count). The average Bonchev–Trinajstić information content (AvgIpc) is 3.42. The largest absolute Gasteiger partial charge is 0.768 e. The van der Waals surface area contributed by atoms with Crippen molar-refractivity contribution >= 4 is 33.9 Å². The number of nitrogens with zero attached hydrogens (tertiary/aromatic N) is 2. The van der Waals surface area contributed by atoms with E-state index in [9.17, 15) is 18.4 Å². The zero-order valence-electron chi connectivity index (χ0n) is 18.4. The topological polar surface area (TPSA) is 116 Å². The molecule has 1 N–H and O–H groups in total. The molecule has 3 atom stereocenters. The SMILES string of the molecule is CCN(CCC1CC1CNC(=O)c1cc2ccncc2o1)C(=O)Cc1cccc(S(=O)[O-])c1. The standard InChI is InChI=1S/C24H27N3O5S/c1-2-27(23(28)11-16-4-3-5-20(10-16)33(30)31)9-7-17-12-19(17)14-26-24(29)21-13-18-6-8-25-15-22(18)32-21/h3-6,8,10,13,15,17,19H,2,7,9,11-12,14H2,1H3,(H,26,29)(H,30,31)/p-1. The van der Waals surface area contributed by atoms with Crippen LogP contribution in [0.4, 0.5) is 0 Å². The fourth-order valence-corrected chi connectivity index (χ4v) is 4.48. The molecule has 2 aromatic heterocycles. The molecule has 174 valence electrons. The molecule has 0 bridgehead atoms. The van der Waals surface area contributed by atoms with E-state index in [0.717, 1.165) is 18.2 Å². The summed E-state index contributed by atoms with van der Waals surface area (Å²) in [6.07, 6.45) is 5.32. The Kier molecular flexibility index (Phi) is 7.20. The lowest BCUT2D eigenvalue weighted by Gasteiger charge is -2.21. The third-order valence-corrected chi connectivity index (χ3v) is 6.73. The smallest absolute Gasteiger partial charge is 0.287 e. The van der Waals surface area contributed by atoms with Crippen LogP contribution in [0, 0.1) is 11.8 Å². The highest BCUT2D eigenvalue weighted by atomic mass is 32.2. The first-order chi connectivity index (χ1) is 15.9. The Bertz CT molecular complexity index is 1140. The van der Waals surface area contributed by atoms with Crippen molar-refractivity contribution in [1.82, 2.24) is 15.2 Å². The molecule has 1 aliphatic rings. The number of nitrogens with one attached hydrogen (secondary N) is 1. The lowest BCUT2D eigenvalue weighted by atomic mass is 10.1. The molecular formula is C24H26N3O5S-. The molecule has 33 heavy (non-hydrogen) atoms. The molecule has 3 unspecified atom stereocenters. The van der Waals surface area contributed by atoms with Gasteiger partial charge in [-0.2, -0.15) is 0 Å². The van der Waals surface area contributed by atoms with Gasteiger partial charge in [-0.25, -0.2) is 0 Å². The van der Waals surface area contributed by atoms with Crippen LogP contribution in [0.15, 0.2) is 58.1 Å². The van der Waals surface area contributed by atoms with Gasteiger partial charge in [0.1, 0.15) is 0 Å². The van der Waals surface area contributed by atoms with E-state index in [1.165, 1.54) is 12.1 Å². The van der Waals surface area contributed by atoms with E-state index < -0.39 is 11.1 Å². The normalized spacial score (nSPS) is 18.1. The molecule has 0 radical (unpaired) electrons. The number of likely N-dealkylation sites (N-methyl/N-ethyl adjacent to an activating group) is 1. The fourth-order valence-electron chi connectivity index (χ4n) is 4.05. The summed E-state index contributed by atoms with van der Waals surface area (Å²) in [5.74, 6) is 0.901. The molecule has 2 heterocycles. The van der Waals surface area contributed by atoms with E-state index in [4.69, 9.17) is 4.42 Å². The molecule has 0 aliphatic heterocycles. The van der Waals surface area contributed by atoms with Gasteiger partial charge in [-0.15, -0.1) is 0 Å². The zero-order chi connectivity index (χ0) is 23.4. The molecule has 1 aliphatic carbocycles. The molecule has 1 fully saturated rings. The Hall–Kier alpha value is -3.04. The number of furan rings is 1. The van der Waals surface area contributed by atoms with Crippen molar-refractivity contribution in [3.63, 3.8) is 0 Å². The maximum Gasteiger partial charge on any atom is 0.287 e. The molecule has 8 nitrogen and oxygen atoms in total. The van der Waals surface area contributed by atoms with Crippen molar-refractivity contribution in [1.29, 1.82) is 0 Å². The van der Waals surface area contributed by atoms with Crippen LogP contribution >= 0.6 is 0 Å². The molecule has 9 heteroatoms. The highest BCUT2D eigenvalue weighted by Gasteiger charge is 2.37. The Morgan fingerprint density at radius 3 is 2.88 bits per heavy atom. The van der Waals surface area contributed by atoms with E-state index in [-0.39, 0.29) is 28.9 Å². The van der Waals surface area contributed by atoms with Gasteiger partial charge in [0.15, 0.2) is 11.3 Å². The summed E-state index contributed by atoms with van der Waals surface area (Å²) in [4.78, 5) is 31.0. The van der Waals surface area contributed by atoms with Crippen molar-refractivity contribution < 1.29 is 22.8 Å². The number of carbonyl (C=O) groups excluding carboxylic acids is 2. The summed E-state index contributed by atoms with van der Waals surface area (Å²) >= 11 is -2.31. The number of carbonyl (C=O) groups is 2. The van der Waals surface area contributed by atoms with Gasteiger partial charge in [0.25, 0.3) is 5.91 Å². The van der Waals surface area contributed by atoms with Gasteiger partial charge in [0.05, 0.1) is 12.6 Å². The predicted molar refractivity (Wildman–Crippen MR) is 122 cm³/mol. The maximum absolute atomic E-state index is 12.7. The molecule has 0 saturated heterocycles. The van der Waals surface area contributed by atoms with E-state index in [0.29, 0.717) is 42.6 Å². The highest BCUT2D eigenvalue weighted by Crippen LogP contribution is 2.40. The summed E-state index contributed by atoms with van der Waals surface area (Å²) in [7, 11) is 0. The minimum absolute atomic E-state index is 0.0174. The van der Waals surface area contributed by atoms with Crippen LogP contribution in [0.25, 0.3) is 11.0 Å². The second-order valence-electron chi connectivity index (χ2n) is 8.31. The van der Waals surface area contributed by atoms with Crippen LogP contribution in [0.3, 0.4) is 0 Å². The van der Waals surface area contributed by atoms with Gasteiger partial charge >= 0.3 is 0 Å². The van der Waals surface area contributed by atoms with Crippen molar-refractivity contribution in [2.75, 3.05) is 19.6 Å². The Morgan fingerprint density at radius 1 is 1.27 bits per heavy atom. The van der Waals surface area contributed by atoms with Crippen molar-refractivity contribution in [2.24, 2.45) is 11.8 Å². The van der Waals surface area contributed by atoms with E-state index in [2.05, 4.69) is 10.3 Å². The monoisotopic (exact) mass is 468 g/mol. The van der Waals surface area contributed by atoms with E-state index in [1.54, 1.807) is 41.6 Å². The number of hydrogen-bond donors (Lipinski definition) is 1. The number of rotatable bonds is 10. The zero-order valence-corrected chi connectivity index (χ0v) is 19.2. The third-order valence-electron chi connectivity index (χ3n) is 6.09. The Morgan fingerprint density at radius 2 is 2.12 bits per heavy atom. The summed E-state index contributed by atoms with van der Waals surface area (Å²) in [5.41, 5.74) is 1.28. The summed E-state index contributed by atoms with van der Waals surface area (Å²) in [6.45, 7) is 3.77. The Labute approximate surface area is 194 Å². The third kappa shape index (κ3) is 5.85. The second kappa shape index (κ2) is 10.3. The maximum atomic E-state index is 12.7. The van der Waals surface area contributed by atoms with E-state index in [1.807, 2.05) is 6.92 Å². The fraction of sp³-hybridized carbons (Fsp3) is 0.375. The molecule has 0 spiro atoms. The van der Waals surface area contributed by atoms with Crippen molar-refractivity contribution in [3.8, 4) is 0 Å². The number of benzene rings is 1. The quantitative estimate of drug-likeness (QED) is 0.458. The number of fused-ring (bicyclic) bond motifs is 1. The lowest BCUT2D eigenvalue weighted by molar-refractivity contribution is -0.130. The van der Waals surface area contributed by atoms with Crippen LogP contribution in [0.1, 0.15) is 35.9 Å². The number of amides is 2. The molecule has 3 aromatic rings. The Balaban J connectivity index is 1.21. The van der Waals surface area contributed by atoms with Crippen LogP contribution in [0.5, 0.6) is 0 Å². The minimum Gasteiger partial charge on any atom is -0.768 e. The van der Waals surface area contributed by atoms with E-state index >= 15 is 0 Å². The van der Waals surface area contributed by atoms with Crippen LogP contribution < -0.4 is 5.32 Å². The molecule has 2 amide bonds. The molecule has 1 aromatic carbocycles. The first kappa shape index (κ1) is 23.1. The number of aromatic nitrogens is 1. The van der Waals surface area contributed by atoms with Gasteiger partial charge in [-0.3, -0.25) is 18.8 Å². The van der Waals surface area contributed by atoms with Crippen molar-refractivity contribution in [2.45, 2.75) is 31.1 Å². The second-order valence-corrected chi connectivity index (χ2v) is 9.25.